The third-order valence-electron chi connectivity index (χ3n) is 3.60. The molecule has 0 aliphatic heterocycles. The highest BCUT2D eigenvalue weighted by Gasteiger charge is 2.41. The van der Waals surface area contributed by atoms with Crippen molar-refractivity contribution in [3.8, 4) is 0 Å². The first-order chi connectivity index (χ1) is 7.87. The molecule has 1 atom stereocenters. The van der Waals surface area contributed by atoms with Gasteiger partial charge in [-0.15, -0.1) is 0 Å². The maximum atomic E-state index is 12.0. The molecule has 17 heavy (non-hydrogen) atoms. The quantitative estimate of drug-likeness (QED) is 0.767. The molecule has 4 nitrogen and oxygen atoms in total. The van der Waals surface area contributed by atoms with E-state index in [0.717, 1.165) is 25.7 Å². The Kier molecular flexibility index (Phi) is 5.28. The maximum absolute atomic E-state index is 12.0. The minimum atomic E-state index is -1.31. The Hall–Kier alpha value is -0.260. The average molecular weight is 262 g/mol. The maximum Gasteiger partial charge on any atom is 0.359 e. The summed E-state index contributed by atoms with van der Waals surface area (Å²) in [4.78, 5) is 11.0. The summed E-state index contributed by atoms with van der Waals surface area (Å²) in [6.45, 7) is 3.07. The van der Waals surface area contributed by atoms with Gasteiger partial charge in [0.05, 0.1) is 6.10 Å². The van der Waals surface area contributed by atoms with E-state index in [4.69, 9.17) is 9.84 Å². The first kappa shape index (κ1) is 14.8. The number of carboxylic acid groups (broad SMARTS) is 1. The predicted molar refractivity (Wildman–Crippen MR) is 67.5 cm³/mol. The molecule has 1 aliphatic rings. The van der Waals surface area contributed by atoms with E-state index in [1.165, 1.54) is 13.8 Å². The first-order valence-electron chi connectivity index (χ1n) is 6.02. The molecule has 100 valence electrons. The third kappa shape index (κ3) is 3.86. The Morgan fingerprint density at radius 2 is 1.94 bits per heavy atom. The van der Waals surface area contributed by atoms with Gasteiger partial charge < -0.3 is 14.4 Å². The van der Waals surface area contributed by atoms with Crippen LogP contribution in [0.5, 0.6) is 0 Å². The Morgan fingerprint density at radius 3 is 2.35 bits per heavy atom. The van der Waals surface area contributed by atoms with Gasteiger partial charge in [0.25, 0.3) is 0 Å². The number of hydrogen-bond acceptors (Lipinski definition) is 3. The summed E-state index contributed by atoms with van der Waals surface area (Å²) in [7, 11) is 1.72. The standard InChI is InChI=1S/C12H22O4S/c1-12(2,11(13)14)17(15)8-9-4-6-10(16-3)7-5-9/h9-10H,4-8H2,1-3H3,(H,13,14). The van der Waals surface area contributed by atoms with Crippen LogP contribution in [0.15, 0.2) is 0 Å². The Labute approximate surface area is 106 Å². The fourth-order valence-corrected chi connectivity index (χ4v) is 3.43. The molecule has 0 saturated heterocycles. The third-order valence-corrected chi connectivity index (χ3v) is 5.69. The molecule has 5 heteroatoms. The highest BCUT2D eigenvalue weighted by molar-refractivity contribution is 7.93. The SMILES string of the molecule is COC1CCC(C[S+]([O-])C(C)(C)C(=O)O)CC1. The number of methoxy groups -OCH3 is 1. The zero-order valence-electron chi connectivity index (χ0n) is 10.8. The average Bonchev–Trinajstić information content (AvgIpc) is 2.29. The molecule has 0 heterocycles. The second-order valence-corrected chi connectivity index (χ2v) is 7.25. The highest BCUT2D eigenvalue weighted by atomic mass is 32.2. The van der Waals surface area contributed by atoms with Gasteiger partial charge in [0, 0.05) is 13.0 Å². The molecule has 1 saturated carbocycles. The summed E-state index contributed by atoms with van der Waals surface area (Å²) in [5, 5.41) is 9.01. The van der Waals surface area contributed by atoms with E-state index in [-0.39, 0.29) is 0 Å². The van der Waals surface area contributed by atoms with E-state index in [2.05, 4.69) is 0 Å². The topological polar surface area (TPSA) is 69.6 Å². The van der Waals surface area contributed by atoms with Crippen molar-refractivity contribution in [3.05, 3.63) is 0 Å². The van der Waals surface area contributed by atoms with Crippen molar-refractivity contribution < 1.29 is 19.2 Å². The van der Waals surface area contributed by atoms with Gasteiger partial charge in [0.15, 0.2) is 0 Å². The number of carbonyl (C=O) groups is 1. The van der Waals surface area contributed by atoms with Crippen LogP contribution in [0, 0.1) is 5.92 Å². The van der Waals surface area contributed by atoms with E-state index in [0.29, 0.717) is 17.8 Å². The van der Waals surface area contributed by atoms with Gasteiger partial charge in [-0.05, 0) is 50.7 Å². The van der Waals surface area contributed by atoms with E-state index in [1.54, 1.807) is 7.11 Å². The van der Waals surface area contributed by atoms with Gasteiger partial charge >= 0.3 is 5.97 Å². The van der Waals surface area contributed by atoms with E-state index >= 15 is 0 Å². The molecule has 0 radical (unpaired) electrons. The molecule has 0 amide bonds. The summed E-state index contributed by atoms with van der Waals surface area (Å²) in [6, 6.07) is 0. The van der Waals surface area contributed by atoms with Crippen molar-refractivity contribution in [2.45, 2.75) is 50.4 Å². The van der Waals surface area contributed by atoms with Gasteiger partial charge in [0.1, 0.15) is 5.75 Å². The van der Waals surface area contributed by atoms with E-state index < -0.39 is 21.9 Å². The van der Waals surface area contributed by atoms with Crippen LogP contribution in [0.4, 0.5) is 0 Å². The number of carboxylic acids is 1. The van der Waals surface area contributed by atoms with Gasteiger partial charge in [-0.2, -0.15) is 0 Å². The van der Waals surface area contributed by atoms with Gasteiger partial charge in [0.2, 0.25) is 4.75 Å². The van der Waals surface area contributed by atoms with Crippen molar-refractivity contribution in [3.63, 3.8) is 0 Å². The normalized spacial score (nSPS) is 27.8. The highest BCUT2D eigenvalue weighted by Crippen LogP contribution is 2.30. The Balaban J connectivity index is 2.42. The van der Waals surface area contributed by atoms with Crippen molar-refractivity contribution in [1.82, 2.24) is 0 Å². The van der Waals surface area contributed by atoms with Crippen molar-refractivity contribution in [2.75, 3.05) is 12.9 Å². The molecule has 0 spiro atoms. The van der Waals surface area contributed by atoms with Crippen molar-refractivity contribution in [2.24, 2.45) is 5.92 Å². The number of rotatable bonds is 5. The lowest BCUT2D eigenvalue weighted by Crippen LogP contribution is -2.43. The Morgan fingerprint density at radius 1 is 1.41 bits per heavy atom. The molecule has 1 rings (SSSR count). The monoisotopic (exact) mass is 262 g/mol. The van der Waals surface area contributed by atoms with Gasteiger partial charge in [-0.3, -0.25) is 0 Å². The van der Waals surface area contributed by atoms with Crippen LogP contribution in [0.1, 0.15) is 39.5 Å². The molecule has 0 bridgehead atoms. The molecule has 0 aromatic carbocycles. The largest absolute Gasteiger partial charge is 0.615 e. The molecular formula is C12H22O4S. The lowest BCUT2D eigenvalue weighted by Gasteiger charge is -2.31. The van der Waals surface area contributed by atoms with Crippen LogP contribution >= 0.6 is 0 Å². The lowest BCUT2D eigenvalue weighted by molar-refractivity contribution is -0.139. The first-order valence-corrected chi connectivity index (χ1v) is 7.34. The molecule has 1 fully saturated rings. The predicted octanol–water partition coefficient (Wildman–Crippen LogP) is 1.80. The molecule has 1 aliphatic carbocycles. The zero-order chi connectivity index (χ0) is 13.1. The zero-order valence-corrected chi connectivity index (χ0v) is 11.6. The van der Waals surface area contributed by atoms with Gasteiger partial charge in [-0.25, -0.2) is 4.79 Å². The molecule has 0 aromatic heterocycles. The van der Waals surface area contributed by atoms with E-state index in [9.17, 15) is 9.35 Å². The van der Waals surface area contributed by atoms with Gasteiger partial charge in [-0.1, -0.05) is 0 Å². The Bertz CT molecular complexity index is 259. The molecule has 0 aromatic rings. The van der Waals surface area contributed by atoms with Crippen molar-refractivity contribution in [1.29, 1.82) is 0 Å². The minimum Gasteiger partial charge on any atom is -0.615 e. The summed E-state index contributed by atoms with van der Waals surface area (Å²) in [5.41, 5.74) is 0. The minimum absolute atomic E-state index is 0.326. The van der Waals surface area contributed by atoms with Crippen LogP contribution < -0.4 is 0 Å². The fraction of sp³-hybridized carbons (Fsp3) is 0.917. The van der Waals surface area contributed by atoms with Crippen LogP contribution in [-0.4, -0.2) is 39.3 Å². The molecule has 1 N–H and O–H groups in total. The second kappa shape index (κ2) is 6.07. The summed E-state index contributed by atoms with van der Waals surface area (Å²) in [5.74, 6) is -0.113. The summed E-state index contributed by atoms with van der Waals surface area (Å²) >= 11 is -1.31. The summed E-state index contributed by atoms with van der Waals surface area (Å²) in [6.07, 6.45) is 4.28. The van der Waals surface area contributed by atoms with Crippen LogP contribution in [-0.2, 0) is 20.7 Å². The van der Waals surface area contributed by atoms with E-state index in [1.807, 2.05) is 0 Å². The van der Waals surface area contributed by atoms with Crippen LogP contribution in [0.3, 0.4) is 0 Å². The number of ether oxygens (including phenoxy) is 1. The lowest BCUT2D eigenvalue weighted by atomic mass is 9.89. The molecular weight excluding hydrogens is 240 g/mol. The molecule has 1 unspecified atom stereocenters. The van der Waals surface area contributed by atoms with Crippen LogP contribution in [0.25, 0.3) is 0 Å². The number of aliphatic carboxylic acids is 1. The number of hydrogen-bond donors (Lipinski definition) is 1. The second-order valence-electron chi connectivity index (χ2n) is 5.21. The van der Waals surface area contributed by atoms with Crippen molar-refractivity contribution >= 4 is 17.1 Å². The smallest absolute Gasteiger partial charge is 0.359 e. The fourth-order valence-electron chi connectivity index (χ4n) is 2.05. The summed E-state index contributed by atoms with van der Waals surface area (Å²) < 4.78 is 16.2. The van der Waals surface area contributed by atoms with Crippen LogP contribution in [0.2, 0.25) is 0 Å².